The SMILES string of the molecule is CC(=O)N[C@H]1[C@@H](OP(=O)(O)OP(=O)(O)OC/C=C(/C)CC/C=C(/C)CC/C=C(\C)CC/C=C(\C)CCC=C(C)C)O[C@H](CO)[C@H](O)[C@@H]1O. The summed E-state index contributed by atoms with van der Waals surface area (Å²) in [4.78, 5) is 31.6. The zero-order valence-corrected chi connectivity index (χ0v) is 31.1. The molecule has 7 atom stereocenters. The van der Waals surface area contributed by atoms with Crippen molar-refractivity contribution in [2.75, 3.05) is 13.2 Å². The fourth-order valence-corrected chi connectivity index (χ4v) is 6.87. The molecule has 1 amide bonds. The van der Waals surface area contributed by atoms with Crippen LogP contribution >= 0.6 is 15.6 Å². The van der Waals surface area contributed by atoms with Gasteiger partial charge in [0.15, 0.2) is 6.29 Å². The van der Waals surface area contributed by atoms with E-state index < -0.39 is 65.4 Å². The molecule has 0 aromatic carbocycles. The summed E-state index contributed by atoms with van der Waals surface area (Å²) in [5, 5.41) is 31.9. The van der Waals surface area contributed by atoms with Gasteiger partial charge in [-0.3, -0.25) is 13.8 Å². The lowest BCUT2D eigenvalue weighted by Crippen LogP contribution is -2.64. The molecule has 0 aliphatic carbocycles. The van der Waals surface area contributed by atoms with Crippen molar-refractivity contribution in [3.63, 3.8) is 0 Å². The summed E-state index contributed by atoms with van der Waals surface area (Å²) in [6, 6.07) is -1.57. The number of aliphatic hydroxyl groups is 3. The molecule has 1 saturated heterocycles. The normalized spacial score (nSPS) is 25.3. The van der Waals surface area contributed by atoms with Crippen molar-refractivity contribution in [1.82, 2.24) is 5.32 Å². The second-order valence-corrected chi connectivity index (χ2v) is 15.5. The Kier molecular flexibility index (Phi) is 20.5. The zero-order chi connectivity index (χ0) is 36.5. The molecule has 15 heteroatoms. The first kappa shape index (κ1) is 44.3. The molecule has 276 valence electrons. The van der Waals surface area contributed by atoms with Gasteiger partial charge in [0.1, 0.15) is 24.4 Å². The topological polar surface area (TPSA) is 201 Å². The molecule has 0 radical (unpaired) electrons. The smallest absolute Gasteiger partial charge is 0.394 e. The highest BCUT2D eigenvalue weighted by molar-refractivity contribution is 7.61. The van der Waals surface area contributed by atoms with E-state index in [1.165, 1.54) is 22.3 Å². The fourth-order valence-electron chi connectivity index (χ4n) is 4.77. The van der Waals surface area contributed by atoms with Gasteiger partial charge in [0.05, 0.1) is 13.2 Å². The van der Waals surface area contributed by atoms with Crippen LogP contribution in [0.2, 0.25) is 0 Å². The van der Waals surface area contributed by atoms with Crippen molar-refractivity contribution in [3.8, 4) is 0 Å². The minimum atomic E-state index is -5.40. The predicted octanol–water partition coefficient (Wildman–Crippen LogP) is 6.05. The molecule has 0 saturated carbocycles. The molecule has 0 bridgehead atoms. The minimum absolute atomic E-state index is 0.400. The van der Waals surface area contributed by atoms with Crippen LogP contribution in [0.3, 0.4) is 0 Å². The number of nitrogens with one attached hydrogen (secondary N) is 1. The molecule has 1 rings (SSSR count). The van der Waals surface area contributed by atoms with Crippen molar-refractivity contribution < 1.29 is 57.1 Å². The Hall–Kier alpha value is -1.73. The molecular weight excluding hydrogens is 664 g/mol. The highest BCUT2D eigenvalue weighted by Crippen LogP contribution is 2.61. The van der Waals surface area contributed by atoms with E-state index in [1.54, 1.807) is 6.08 Å². The number of carbonyl (C=O) groups is 1. The number of rotatable bonds is 21. The molecule has 6 N–H and O–H groups in total. The minimum Gasteiger partial charge on any atom is -0.394 e. The lowest BCUT2D eigenvalue weighted by molar-refractivity contribution is -0.247. The average molecular weight is 722 g/mol. The lowest BCUT2D eigenvalue weighted by Gasteiger charge is -2.42. The first-order valence-corrected chi connectivity index (χ1v) is 19.2. The molecule has 0 aromatic heterocycles. The van der Waals surface area contributed by atoms with E-state index in [4.69, 9.17) is 13.8 Å². The summed E-state index contributed by atoms with van der Waals surface area (Å²) in [5.74, 6) is -0.707. The first-order valence-electron chi connectivity index (χ1n) is 16.2. The average Bonchev–Trinajstić information content (AvgIpc) is 2.95. The molecule has 1 fully saturated rings. The Bertz CT molecular complexity index is 1270. The number of phosphoric acid groups is 2. The molecule has 0 spiro atoms. The van der Waals surface area contributed by atoms with Gasteiger partial charge < -0.3 is 35.2 Å². The van der Waals surface area contributed by atoms with Gasteiger partial charge in [0.25, 0.3) is 0 Å². The van der Waals surface area contributed by atoms with E-state index in [0.717, 1.165) is 57.4 Å². The first-order chi connectivity index (χ1) is 22.4. The number of allylic oxidation sites excluding steroid dienone is 9. The zero-order valence-electron chi connectivity index (χ0n) is 29.3. The highest BCUT2D eigenvalue weighted by atomic mass is 31.3. The van der Waals surface area contributed by atoms with Crippen LogP contribution in [0.5, 0.6) is 0 Å². The largest absolute Gasteiger partial charge is 0.483 e. The summed E-state index contributed by atoms with van der Waals surface area (Å²) in [6.07, 6.45) is 11.4. The number of amides is 1. The van der Waals surface area contributed by atoms with Gasteiger partial charge in [0.2, 0.25) is 5.91 Å². The van der Waals surface area contributed by atoms with Gasteiger partial charge in [-0.25, -0.2) is 9.13 Å². The number of carbonyl (C=O) groups excluding carboxylic acids is 1. The summed E-state index contributed by atoms with van der Waals surface area (Å²) >= 11 is 0. The predicted molar refractivity (Wildman–Crippen MR) is 185 cm³/mol. The van der Waals surface area contributed by atoms with Gasteiger partial charge in [-0.1, -0.05) is 58.2 Å². The second kappa shape index (κ2) is 22.2. The van der Waals surface area contributed by atoms with Crippen molar-refractivity contribution in [1.29, 1.82) is 0 Å². The second-order valence-electron chi connectivity index (χ2n) is 12.5. The third kappa shape index (κ3) is 18.9. The number of hydrogen-bond acceptors (Lipinski definition) is 10. The molecule has 1 aliphatic rings. The third-order valence-electron chi connectivity index (χ3n) is 7.55. The standard InChI is InChI=1S/C33H57NO12P2/c1-23(2)12-8-13-24(3)14-9-15-25(4)16-10-17-26(5)18-11-19-27(6)20-21-43-47(39,40)46-48(41,42)45-33-30(34-28(7)36)32(38)31(37)29(22-35)44-33/h12,14,16,18,20,29-33,35,37-38H,8-11,13,15,17,19,21-22H2,1-7H3,(H,34,36)(H,39,40)(H,41,42)/b24-14+,25-16+,26-18-,27-20-/t29-,30-,31+,32-,33-/m1/s1. The van der Waals surface area contributed by atoms with Crippen molar-refractivity contribution in [2.45, 2.75) is 130 Å². The maximum absolute atomic E-state index is 12.5. The van der Waals surface area contributed by atoms with Gasteiger partial charge in [-0.05, 0) is 92.9 Å². The molecular formula is C33H57NO12P2. The Labute approximate surface area is 285 Å². The molecule has 13 nitrogen and oxygen atoms in total. The summed E-state index contributed by atoms with van der Waals surface area (Å²) in [5.41, 5.74) is 6.30. The molecule has 1 heterocycles. The monoisotopic (exact) mass is 721 g/mol. The Balaban J connectivity index is 2.51. The molecule has 2 unspecified atom stereocenters. The van der Waals surface area contributed by atoms with Crippen LogP contribution in [0.25, 0.3) is 0 Å². The lowest BCUT2D eigenvalue weighted by atomic mass is 9.97. The molecule has 48 heavy (non-hydrogen) atoms. The van der Waals surface area contributed by atoms with Crippen LogP contribution < -0.4 is 5.32 Å². The van der Waals surface area contributed by atoms with E-state index in [0.29, 0.717) is 6.42 Å². The van der Waals surface area contributed by atoms with Crippen LogP contribution in [0.4, 0.5) is 0 Å². The van der Waals surface area contributed by atoms with Crippen molar-refractivity contribution in [2.24, 2.45) is 0 Å². The maximum atomic E-state index is 12.5. The van der Waals surface area contributed by atoms with Gasteiger partial charge in [0, 0.05) is 6.92 Å². The summed E-state index contributed by atoms with van der Waals surface area (Å²) < 4.78 is 44.0. The van der Waals surface area contributed by atoms with E-state index >= 15 is 0 Å². The van der Waals surface area contributed by atoms with Crippen molar-refractivity contribution >= 4 is 21.6 Å². The van der Waals surface area contributed by atoms with E-state index in [9.17, 15) is 39.0 Å². The van der Waals surface area contributed by atoms with Gasteiger partial charge in [-0.15, -0.1) is 0 Å². The summed E-state index contributed by atoms with van der Waals surface area (Å²) in [6.45, 7) is 12.4. The number of ether oxygens (including phenoxy) is 1. The Morgan fingerprint density at radius 2 is 1.19 bits per heavy atom. The highest BCUT2D eigenvalue weighted by Gasteiger charge is 2.49. The van der Waals surface area contributed by atoms with Crippen molar-refractivity contribution in [3.05, 3.63) is 58.2 Å². The number of hydrogen-bond donors (Lipinski definition) is 6. The van der Waals surface area contributed by atoms with Crippen LogP contribution in [0.15, 0.2) is 58.2 Å². The van der Waals surface area contributed by atoms with E-state index in [-0.39, 0.29) is 0 Å². The van der Waals surface area contributed by atoms with Crippen LogP contribution in [0.1, 0.15) is 99.8 Å². The van der Waals surface area contributed by atoms with Crippen LogP contribution in [-0.4, -0.2) is 74.9 Å². The maximum Gasteiger partial charge on any atom is 0.483 e. The third-order valence-corrected chi connectivity index (χ3v) is 10.1. The molecule has 1 aliphatic heterocycles. The Morgan fingerprint density at radius 1 is 0.729 bits per heavy atom. The fraction of sp³-hybridized carbons (Fsp3) is 0.667. The van der Waals surface area contributed by atoms with E-state index in [1.807, 2.05) is 6.92 Å². The molecule has 0 aromatic rings. The van der Waals surface area contributed by atoms with Gasteiger partial charge in [-0.2, -0.15) is 4.31 Å². The Morgan fingerprint density at radius 3 is 1.62 bits per heavy atom. The van der Waals surface area contributed by atoms with Crippen LogP contribution in [0, 0.1) is 0 Å². The number of aliphatic hydroxyl groups excluding tert-OH is 3. The van der Waals surface area contributed by atoms with Crippen LogP contribution in [-0.2, 0) is 32.0 Å². The quantitative estimate of drug-likeness (QED) is 0.0593. The number of phosphoric ester groups is 2. The van der Waals surface area contributed by atoms with Gasteiger partial charge >= 0.3 is 15.6 Å². The summed E-state index contributed by atoms with van der Waals surface area (Å²) in [7, 11) is -10.5. The van der Waals surface area contributed by atoms with E-state index in [2.05, 4.69) is 68.6 Å².